The molecule has 6 heterocycles. The zero-order chi connectivity index (χ0) is 73.5. The highest BCUT2D eigenvalue weighted by Gasteiger charge is 2.21. The first-order valence-electron chi connectivity index (χ1n) is 35.4. The van der Waals surface area contributed by atoms with E-state index in [-0.39, 0.29) is 0 Å². The van der Waals surface area contributed by atoms with E-state index in [9.17, 15) is 0 Å². The van der Waals surface area contributed by atoms with Gasteiger partial charge in [-0.15, -0.1) is 0 Å². The van der Waals surface area contributed by atoms with Crippen LogP contribution in [0.25, 0.3) is 67.5 Å². The third kappa shape index (κ3) is 18.1. The second-order valence-electron chi connectivity index (χ2n) is 25.1. The molecule has 0 aliphatic rings. The topological polar surface area (TPSA) is 23.3 Å². The van der Waals surface area contributed by atoms with E-state index in [2.05, 4.69) is 276 Å². The molecule has 6 aromatic carbocycles. The molecule has 480 valence electrons. The third-order valence-corrected chi connectivity index (χ3v) is 17.8. The molecule has 12 rings (SSSR count). The molecule has 0 saturated heterocycles. The Balaban J connectivity index is 0.000000169. The minimum absolute atomic E-state index is 0.350. The average Bonchev–Trinajstić information content (AvgIpc) is 0.843. The summed E-state index contributed by atoms with van der Waals surface area (Å²) in [7, 11) is 12.1. The maximum Gasteiger partial charge on any atom is 0.215 e. The van der Waals surface area contributed by atoms with Gasteiger partial charge in [-0.1, -0.05) is 109 Å². The number of nitrogens with zero attached hydrogens (tertiary/aromatic N) is 6. The maximum absolute atomic E-state index is 7.54. The lowest BCUT2D eigenvalue weighted by Gasteiger charge is -2.10. The van der Waals surface area contributed by atoms with Crippen molar-refractivity contribution in [1.82, 2.24) is 0 Å². The molecule has 0 aliphatic carbocycles. The number of pyridine rings is 6. The Morgan fingerprint density at radius 2 is 0.670 bits per heavy atom. The third-order valence-electron chi connectivity index (χ3n) is 17.8. The lowest BCUT2D eigenvalue weighted by molar-refractivity contribution is -0.666. The van der Waals surface area contributed by atoms with E-state index in [1.54, 1.807) is 36.0 Å². The van der Waals surface area contributed by atoms with Gasteiger partial charge < -0.3 is 0 Å². The first-order chi connectivity index (χ1) is 47.2. The molecule has 0 fully saturated rings. The molecule has 0 aliphatic heterocycles. The van der Waals surface area contributed by atoms with Crippen LogP contribution in [-0.4, -0.2) is 0 Å². The van der Waals surface area contributed by atoms with Gasteiger partial charge in [0.15, 0.2) is 36.7 Å². The van der Waals surface area contributed by atoms with Crippen molar-refractivity contribution in [2.75, 3.05) is 0 Å². The van der Waals surface area contributed by atoms with Crippen LogP contribution in [0.5, 0.6) is 0 Å². The van der Waals surface area contributed by atoms with Gasteiger partial charge >= 0.3 is 0 Å². The second kappa shape index (κ2) is 33.2. The van der Waals surface area contributed by atoms with Gasteiger partial charge in [-0.3, -0.25) is 0 Å². The number of hydrogen-bond acceptors (Lipinski definition) is 0. The zero-order valence-electron chi connectivity index (χ0n) is 65.6. The van der Waals surface area contributed by atoms with E-state index < -0.39 is 13.7 Å². The molecule has 0 saturated carbocycles. The summed E-state index contributed by atoms with van der Waals surface area (Å²) in [6.45, 7) is 26.0. The lowest BCUT2D eigenvalue weighted by atomic mass is 9.97. The van der Waals surface area contributed by atoms with Gasteiger partial charge in [-0.05, 0) is 208 Å². The molecular weight excluding hydrogens is 1140 g/mol. The normalized spacial score (nSPS) is 11.7. The molecule has 6 nitrogen and oxygen atoms in total. The van der Waals surface area contributed by atoms with E-state index in [1.165, 1.54) is 117 Å². The van der Waals surface area contributed by atoms with Crippen LogP contribution in [0.4, 0.5) is 0 Å². The van der Waals surface area contributed by atoms with Gasteiger partial charge in [0.25, 0.3) is 0 Å². The van der Waals surface area contributed by atoms with E-state index in [4.69, 9.17) is 8.22 Å². The molecular formula is C88H104N6+6. The summed E-state index contributed by atoms with van der Waals surface area (Å²) >= 11 is 0. The smallest absolute Gasteiger partial charge is 0.201 e. The van der Waals surface area contributed by atoms with E-state index >= 15 is 0 Å². The van der Waals surface area contributed by atoms with E-state index in [0.717, 1.165) is 28.1 Å². The Bertz CT molecular complexity index is 4810. The summed E-state index contributed by atoms with van der Waals surface area (Å²) in [5.74, 6) is 0. The molecule has 94 heavy (non-hydrogen) atoms. The van der Waals surface area contributed by atoms with Crippen molar-refractivity contribution in [2.24, 2.45) is 42.3 Å². The molecule has 0 spiro atoms. The van der Waals surface area contributed by atoms with Gasteiger partial charge in [0, 0.05) is 118 Å². The van der Waals surface area contributed by atoms with Gasteiger partial charge in [0.05, 0.1) is 0 Å². The van der Waals surface area contributed by atoms with Crippen LogP contribution < -0.4 is 27.4 Å². The standard InChI is InChI=1S/C16H20N.2C15H18N.3C14H16N/c1-11-8-6-7-9-15(11)16-14(4)13(3)12(2)10-17(16)5;1-11-9-13(3)15(16(4)10-11)14-8-6-5-7-12(14)2;1-11-9-10-16(4)15(13(11)3)14-8-6-5-7-12(14)2;1-11-7-4-5-9-13(11)14-10-6-8-12(2)15(14)3;1-11-8-9-15(3)14(10-11)13-7-5-4-6-12(13)2;1-11-8-9-14(15(3)10-11)13-7-5-4-6-12(13)2/h6-10H,1-5H3;2*5-10H,1-4H3;3*4-10H,1-3H3/q6*+1/i;;;2D3;;1D3. The highest BCUT2D eigenvalue weighted by atomic mass is 15.0. The van der Waals surface area contributed by atoms with Gasteiger partial charge in [-0.25, -0.2) is 22.8 Å². The molecule has 6 heteroatoms. The minimum atomic E-state index is -2.09. The van der Waals surface area contributed by atoms with Crippen molar-refractivity contribution in [3.05, 3.63) is 320 Å². The molecule has 0 atom stereocenters. The lowest BCUT2D eigenvalue weighted by Crippen LogP contribution is -2.34. The number of aryl methyl sites for hydroxylation is 18. The molecule has 0 unspecified atom stereocenters. The van der Waals surface area contributed by atoms with Crippen molar-refractivity contribution in [3.8, 4) is 67.5 Å². The first-order valence-corrected chi connectivity index (χ1v) is 32.4. The summed E-state index contributed by atoms with van der Waals surface area (Å²) in [6.07, 6.45) is 10.3. The van der Waals surface area contributed by atoms with Crippen LogP contribution in [0, 0.1) is 111 Å². The minimum Gasteiger partial charge on any atom is -0.201 e. The fraction of sp³-hybridized carbons (Fsp3) is 0.250. The van der Waals surface area contributed by atoms with Gasteiger partial charge in [0.2, 0.25) is 34.2 Å². The van der Waals surface area contributed by atoms with Crippen molar-refractivity contribution in [1.29, 1.82) is 0 Å². The Morgan fingerprint density at radius 3 is 1.14 bits per heavy atom. The molecule has 0 radical (unpaired) electrons. The van der Waals surface area contributed by atoms with Crippen LogP contribution >= 0.6 is 0 Å². The Labute approximate surface area is 573 Å². The second-order valence-corrected chi connectivity index (χ2v) is 25.1. The molecule has 0 bridgehead atoms. The van der Waals surface area contributed by atoms with Crippen LogP contribution in [0.1, 0.15) is 97.4 Å². The predicted octanol–water partition coefficient (Wildman–Crippen LogP) is 18.0. The highest BCUT2D eigenvalue weighted by molar-refractivity contribution is 5.68. The summed E-state index contributed by atoms with van der Waals surface area (Å²) in [4.78, 5) is 0. The summed E-state index contributed by atoms with van der Waals surface area (Å²) in [5.41, 5.74) is 33.7. The SMILES string of the molecule is Cc1cc(C)c(-c2ccccc2C)[n+](C)c1.Cc1cc[n+](C)c(-c2ccccc2C)c1.Cc1ccccc1-c1c(C)c(C)c(C)c[n+]1C.Cc1ccccc1-c1c(C)c(C)cc[n+]1C.[2H]C([2H])([2H])c1ccc(-c2ccccc2C)[n+](C)c1.[2H]C([2H])([2H])c1cccc(-c2ccccc2C)[n+]1C. The maximum atomic E-state index is 7.54. The summed E-state index contributed by atoms with van der Waals surface area (Å²) in [5, 5.41) is 0. The quantitative estimate of drug-likeness (QED) is 0.148. The van der Waals surface area contributed by atoms with Crippen molar-refractivity contribution < 1.29 is 35.6 Å². The van der Waals surface area contributed by atoms with Crippen molar-refractivity contribution in [3.63, 3.8) is 0 Å². The van der Waals surface area contributed by atoms with E-state index in [0.29, 0.717) is 11.3 Å². The fourth-order valence-corrected chi connectivity index (χ4v) is 12.1. The largest absolute Gasteiger partial charge is 0.215 e. The Kier molecular flexibility index (Phi) is 22.2. The molecule has 0 amide bonds. The number of rotatable bonds is 6. The van der Waals surface area contributed by atoms with Crippen LogP contribution in [-0.2, 0) is 42.3 Å². The Morgan fingerprint density at radius 1 is 0.245 bits per heavy atom. The number of benzene rings is 6. The monoisotopic (exact) mass is 1250 g/mol. The van der Waals surface area contributed by atoms with Gasteiger partial charge in [-0.2, -0.15) is 4.57 Å². The van der Waals surface area contributed by atoms with Gasteiger partial charge in [0.1, 0.15) is 42.3 Å². The first kappa shape index (κ1) is 63.0. The summed E-state index contributed by atoms with van der Waals surface area (Å²) < 4.78 is 57.3. The van der Waals surface area contributed by atoms with Crippen LogP contribution in [0.3, 0.4) is 0 Å². The number of aromatic nitrogens is 6. The zero-order valence-corrected chi connectivity index (χ0v) is 59.6. The average molecular weight is 1250 g/mol. The molecule has 12 aromatic rings. The van der Waals surface area contributed by atoms with Crippen LogP contribution in [0.2, 0.25) is 0 Å². The summed E-state index contributed by atoms with van der Waals surface area (Å²) in [6, 6.07) is 67.9. The molecule has 0 N–H and O–H groups in total. The van der Waals surface area contributed by atoms with Crippen molar-refractivity contribution >= 4 is 0 Å². The Hall–Kier alpha value is -9.78. The van der Waals surface area contributed by atoms with E-state index in [1.807, 2.05) is 86.1 Å². The predicted molar refractivity (Wildman–Crippen MR) is 394 cm³/mol. The van der Waals surface area contributed by atoms with Crippen LogP contribution in [0.15, 0.2) is 231 Å². The van der Waals surface area contributed by atoms with Crippen molar-refractivity contribution in [2.45, 2.75) is 111 Å². The highest BCUT2D eigenvalue weighted by Crippen LogP contribution is 2.29. The number of hydrogen-bond donors (Lipinski definition) is 0. The fourth-order valence-electron chi connectivity index (χ4n) is 12.1. The molecule has 6 aromatic heterocycles.